The Bertz CT molecular complexity index is 4010. The molecule has 0 spiro atoms. The predicted octanol–water partition coefficient (Wildman–Crippen LogP) is 15.9. The van der Waals surface area contributed by atoms with E-state index in [-0.39, 0.29) is 0 Å². The number of fused-ring (bicyclic) bond motifs is 8. The first-order valence-electron chi connectivity index (χ1n) is 22.1. The first-order chi connectivity index (χ1) is 32.2. The lowest BCUT2D eigenvalue weighted by atomic mass is 9.93. The van der Waals surface area contributed by atoms with E-state index in [4.69, 9.17) is 15.0 Å². The number of hydrogen-bond acceptors (Lipinski definition) is 3. The highest BCUT2D eigenvalue weighted by atomic mass is 15.0. The van der Waals surface area contributed by atoms with Crippen LogP contribution in [0.25, 0.3) is 127 Å². The molecule has 0 atom stereocenters. The third-order valence-electron chi connectivity index (χ3n) is 13.0. The molecule has 13 aromatic rings. The molecule has 2 heterocycles. The molecule has 0 N–H and O–H groups in total. The van der Waals surface area contributed by atoms with Crippen molar-refractivity contribution in [3.63, 3.8) is 0 Å². The molecule has 11 aromatic carbocycles. The second kappa shape index (κ2) is 15.0. The number of nitrogens with zero attached hydrogens (tertiary/aromatic N) is 4. The van der Waals surface area contributed by atoms with E-state index in [9.17, 15) is 0 Å². The summed E-state index contributed by atoms with van der Waals surface area (Å²) in [4.78, 5) is 16.0. The zero-order valence-electron chi connectivity index (χ0n) is 35.2. The summed E-state index contributed by atoms with van der Waals surface area (Å²) in [7, 11) is 0. The zero-order chi connectivity index (χ0) is 42.8. The molecule has 0 aliphatic rings. The van der Waals surface area contributed by atoms with Crippen molar-refractivity contribution < 1.29 is 0 Å². The molecule has 0 fully saturated rings. The number of hydrogen-bond donors (Lipinski definition) is 0. The fraction of sp³-hybridized carbons (Fsp3) is 0. The topological polar surface area (TPSA) is 43.6 Å². The molecule has 0 aliphatic carbocycles. The van der Waals surface area contributed by atoms with Gasteiger partial charge in [0.2, 0.25) is 0 Å². The lowest BCUT2D eigenvalue weighted by Crippen LogP contribution is -2.02. The van der Waals surface area contributed by atoms with Crippen LogP contribution in [0.4, 0.5) is 0 Å². The van der Waals surface area contributed by atoms with Crippen LogP contribution in [0.1, 0.15) is 0 Å². The Hall–Kier alpha value is -8.73. The molecular weight excluding hydrogens is 789 g/mol. The molecule has 4 heteroatoms. The van der Waals surface area contributed by atoms with Crippen molar-refractivity contribution in [2.24, 2.45) is 0 Å². The van der Waals surface area contributed by atoms with Gasteiger partial charge in [0.05, 0.1) is 11.0 Å². The lowest BCUT2D eigenvalue weighted by Gasteiger charge is -2.17. The van der Waals surface area contributed by atoms with Crippen molar-refractivity contribution >= 4 is 64.9 Å². The molecule has 4 nitrogen and oxygen atoms in total. The van der Waals surface area contributed by atoms with Gasteiger partial charge in [-0.2, -0.15) is 0 Å². The summed E-state index contributed by atoms with van der Waals surface area (Å²) in [6.45, 7) is 0. The summed E-state index contributed by atoms with van der Waals surface area (Å²) >= 11 is 0. The fourth-order valence-corrected chi connectivity index (χ4v) is 9.85. The summed E-state index contributed by atoms with van der Waals surface area (Å²) in [5.74, 6) is 1.84. The molecule has 0 saturated carbocycles. The van der Waals surface area contributed by atoms with E-state index < -0.39 is 0 Å². The molecular formula is C61H38N4. The molecule has 13 rings (SSSR count). The molecule has 0 saturated heterocycles. The first-order valence-corrected chi connectivity index (χ1v) is 22.1. The third kappa shape index (κ3) is 6.26. The van der Waals surface area contributed by atoms with Gasteiger partial charge in [-0.15, -0.1) is 0 Å². The Balaban J connectivity index is 1.09. The maximum absolute atomic E-state index is 5.39. The summed E-state index contributed by atoms with van der Waals surface area (Å²) < 4.78 is 2.44. The van der Waals surface area contributed by atoms with E-state index in [1.807, 2.05) is 6.07 Å². The lowest BCUT2D eigenvalue weighted by molar-refractivity contribution is 1.07. The van der Waals surface area contributed by atoms with E-state index in [0.29, 0.717) is 17.5 Å². The minimum Gasteiger partial charge on any atom is -0.309 e. The van der Waals surface area contributed by atoms with Crippen molar-refractivity contribution in [2.75, 3.05) is 0 Å². The molecule has 0 aliphatic heterocycles. The molecule has 0 radical (unpaired) electrons. The Kier molecular flexibility index (Phi) is 8.50. The summed E-state index contributed by atoms with van der Waals surface area (Å²) in [5.41, 5.74) is 10.5. The number of aromatic nitrogens is 4. The summed E-state index contributed by atoms with van der Waals surface area (Å²) in [6, 6.07) is 82.5. The fourth-order valence-electron chi connectivity index (χ4n) is 9.85. The van der Waals surface area contributed by atoms with E-state index in [1.54, 1.807) is 0 Å². The minimum atomic E-state index is 0.608. The van der Waals surface area contributed by atoms with Crippen LogP contribution in [0, 0.1) is 0 Å². The van der Waals surface area contributed by atoms with Crippen molar-refractivity contribution in [1.82, 2.24) is 19.5 Å². The van der Waals surface area contributed by atoms with Gasteiger partial charge in [0.25, 0.3) is 0 Å². The van der Waals surface area contributed by atoms with Gasteiger partial charge in [-0.05, 0) is 114 Å². The van der Waals surface area contributed by atoms with Gasteiger partial charge in [0.15, 0.2) is 17.5 Å². The SMILES string of the molecule is c1ccc(-c2cccc(-c3nc(-c4ccc5ccccc5c4)nc(-c4ccc(-n5c6cc7ccccc7cc6c6c7ccccc7ccc65)cc4-c4cccc5ccccc45)n3)c2)cc1. The van der Waals surface area contributed by atoms with Crippen LogP contribution in [0.5, 0.6) is 0 Å². The van der Waals surface area contributed by atoms with Gasteiger partial charge in [-0.25, -0.2) is 15.0 Å². The van der Waals surface area contributed by atoms with Crippen LogP contribution in [0.15, 0.2) is 231 Å². The highest BCUT2D eigenvalue weighted by Crippen LogP contribution is 2.42. The van der Waals surface area contributed by atoms with E-state index in [1.165, 1.54) is 43.1 Å². The maximum atomic E-state index is 5.39. The van der Waals surface area contributed by atoms with E-state index >= 15 is 0 Å². The zero-order valence-corrected chi connectivity index (χ0v) is 35.2. The highest BCUT2D eigenvalue weighted by molar-refractivity contribution is 6.23. The quantitative estimate of drug-likeness (QED) is 0.168. The van der Waals surface area contributed by atoms with Crippen molar-refractivity contribution in [2.45, 2.75) is 0 Å². The van der Waals surface area contributed by atoms with Crippen LogP contribution in [-0.4, -0.2) is 19.5 Å². The van der Waals surface area contributed by atoms with Crippen LogP contribution >= 0.6 is 0 Å². The van der Waals surface area contributed by atoms with Crippen LogP contribution in [0.3, 0.4) is 0 Å². The first kappa shape index (κ1) is 36.9. The summed E-state index contributed by atoms with van der Waals surface area (Å²) in [6.07, 6.45) is 0. The molecule has 65 heavy (non-hydrogen) atoms. The molecule has 0 bridgehead atoms. The van der Waals surface area contributed by atoms with Crippen molar-refractivity contribution in [3.05, 3.63) is 231 Å². The highest BCUT2D eigenvalue weighted by Gasteiger charge is 2.21. The monoisotopic (exact) mass is 826 g/mol. The molecule has 302 valence electrons. The number of rotatable bonds is 6. The smallest absolute Gasteiger partial charge is 0.164 e. The largest absolute Gasteiger partial charge is 0.309 e. The van der Waals surface area contributed by atoms with E-state index in [2.05, 4.69) is 229 Å². The van der Waals surface area contributed by atoms with Gasteiger partial charge in [0, 0.05) is 33.2 Å². The number of benzene rings is 11. The van der Waals surface area contributed by atoms with Gasteiger partial charge in [-0.1, -0.05) is 182 Å². The maximum Gasteiger partial charge on any atom is 0.164 e. The van der Waals surface area contributed by atoms with Crippen molar-refractivity contribution in [1.29, 1.82) is 0 Å². The minimum absolute atomic E-state index is 0.608. The second-order valence-electron chi connectivity index (χ2n) is 16.8. The Morgan fingerprint density at radius 1 is 0.262 bits per heavy atom. The molecule has 2 aromatic heterocycles. The normalized spacial score (nSPS) is 11.7. The standard InChI is InChI=1S/C61H38N4/c1-2-14-39(15-3-1)44-23-12-24-47(34-44)59-62-60(48-29-28-40-16-4-5-19-43(40)35-48)64-61(63-59)53-32-31-49(38-54(53)52-27-13-22-41-17-8-10-25-50(41)52)65-56-33-30-42-18-9-11-26-51(42)58(56)55-36-45-20-6-7-21-46(45)37-57(55)65/h1-38H. The van der Waals surface area contributed by atoms with Gasteiger partial charge in [-0.3, -0.25) is 0 Å². The van der Waals surface area contributed by atoms with E-state index in [0.717, 1.165) is 66.4 Å². The Labute approximate surface area is 375 Å². The molecule has 0 amide bonds. The van der Waals surface area contributed by atoms with Crippen LogP contribution < -0.4 is 0 Å². The Morgan fingerprint density at radius 3 is 1.63 bits per heavy atom. The van der Waals surface area contributed by atoms with Gasteiger partial charge in [0.1, 0.15) is 0 Å². The molecule has 0 unspecified atom stereocenters. The average Bonchev–Trinajstić information content (AvgIpc) is 3.71. The Morgan fingerprint density at radius 2 is 0.831 bits per heavy atom. The van der Waals surface area contributed by atoms with Crippen LogP contribution in [0.2, 0.25) is 0 Å². The second-order valence-corrected chi connectivity index (χ2v) is 16.8. The van der Waals surface area contributed by atoms with Crippen LogP contribution in [-0.2, 0) is 0 Å². The average molecular weight is 827 g/mol. The van der Waals surface area contributed by atoms with Gasteiger partial charge >= 0.3 is 0 Å². The summed E-state index contributed by atoms with van der Waals surface area (Å²) in [5, 5.41) is 12.0. The van der Waals surface area contributed by atoms with Crippen molar-refractivity contribution in [3.8, 4) is 62.1 Å². The third-order valence-corrected chi connectivity index (χ3v) is 13.0. The van der Waals surface area contributed by atoms with Gasteiger partial charge < -0.3 is 4.57 Å². The predicted molar refractivity (Wildman–Crippen MR) is 271 cm³/mol.